The summed E-state index contributed by atoms with van der Waals surface area (Å²) in [4.78, 5) is 22.7. The molecule has 0 aliphatic rings. The SMILES string of the molecule is CC(C)CNC(=O)C(C)Oc1ccc(F)cc1C(=O)O. The van der Waals surface area contributed by atoms with E-state index in [1.807, 2.05) is 13.8 Å². The predicted octanol–water partition coefficient (Wildman–Crippen LogP) is 2.06. The summed E-state index contributed by atoms with van der Waals surface area (Å²) in [6.07, 6.45) is -0.864. The van der Waals surface area contributed by atoms with Gasteiger partial charge in [0.05, 0.1) is 0 Å². The van der Waals surface area contributed by atoms with Gasteiger partial charge < -0.3 is 15.2 Å². The van der Waals surface area contributed by atoms with Gasteiger partial charge in [-0.25, -0.2) is 9.18 Å². The van der Waals surface area contributed by atoms with E-state index in [4.69, 9.17) is 9.84 Å². The first-order chi connectivity index (χ1) is 9.31. The Morgan fingerprint density at radius 2 is 2.00 bits per heavy atom. The number of hydrogen-bond donors (Lipinski definition) is 2. The van der Waals surface area contributed by atoms with Crippen LogP contribution in [0.1, 0.15) is 31.1 Å². The maximum atomic E-state index is 13.0. The molecule has 0 aromatic heterocycles. The van der Waals surface area contributed by atoms with Crippen molar-refractivity contribution in [2.45, 2.75) is 26.9 Å². The minimum Gasteiger partial charge on any atom is -0.480 e. The Bertz CT molecular complexity index is 502. The van der Waals surface area contributed by atoms with Crippen molar-refractivity contribution in [2.24, 2.45) is 5.92 Å². The van der Waals surface area contributed by atoms with Gasteiger partial charge in [0.25, 0.3) is 5.91 Å². The Morgan fingerprint density at radius 1 is 1.35 bits per heavy atom. The molecule has 2 N–H and O–H groups in total. The van der Waals surface area contributed by atoms with Crippen molar-refractivity contribution < 1.29 is 23.8 Å². The highest BCUT2D eigenvalue weighted by molar-refractivity contribution is 5.91. The monoisotopic (exact) mass is 283 g/mol. The zero-order valence-corrected chi connectivity index (χ0v) is 11.6. The van der Waals surface area contributed by atoms with E-state index in [0.717, 1.165) is 12.1 Å². The number of rotatable bonds is 6. The van der Waals surface area contributed by atoms with E-state index in [2.05, 4.69) is 5.32 Å². The summed E-state index contributed by atoms with van der Waals surface area (Å²) < 4.78 is 18.3. The van der Waals surface area contributed by atoms with E-state index in [9.17, 15) is 14.0 Å². The van der Waals surface area contributed by atoms with Gasteiger partial charge in [-0.05, 0) is 31.0 Å². The average Bonchev–Trinajstić information content (AvgIpc) is 2.37. The molecule has 0 fully saturated rings. The number of carboxylic acids is 1. The maximum Gasteiger partial charge on any atom is 0.339 e. The van der Waals surface area contributed by atoms with Crippen LogP contribution in [0.2, 0.25) is 0 Å². The van der Waals surface area contributed by atoms with Crippen molar-refractivity contribution in [2.75, 3.05) is 6.54 Å². The van der Waals surface area contributed by atoms with Crippen molar-refractivity contribution in [3.05, 3.63) is 29.6 Å². The van der Waals surface area contributed by atoms with Crippen LogP contribution in [0.5, 0.6) is 5.75 Å². The van der Waals surface area contributed by atoms with Crippen LogP contribution in [0.15, 0.2) is 18.2 Å². The van der Waals surface area contributed by atoms with Crippen molar-refractivity contribution in [3.8, 4) is 5.75 Å². The van der Waals surface area contributed by atoms with Crippen molar-refractivity contribution >= 4 is 11.9 Å². The second kappa shape index (κ2) is 6.88. The molecule has 1 rings (SSSR count). The molecular formula is C14H18FNO4. The molecule has 5 nitrogen and oxygen atoms in total. The first kappa shape index (κ1) is 15.9. The lowest BCUT2D eigenvalue weighted by atomic mass is 10.2. The highest BCUT2D eigenvalue weighted by atomic mass is 19.1. The first-order valence-electron chi connectivity index (χ1n) is 6.28. The zero-order valence-electron chi connectivity index (χ0n) is 11.6. The second-order valence-corrected chi connectivity index (χ2v) is 4.84. The van der Waals surface area contributed by atoms with Gasteiger partial charge in [0.1, 0.15) is 17.1 Å². The fourth-order valence-electron chi connectivity index (χ4n) is 1.46. The minimum atomic E-state index is -1.31. The summed E-state index contributed by atoms with van der Waals surface area (Å²) in [7, 11) is 0. The summed E-state index contributed by atoms with van der Waals surface area (Å²) in [6, 6.07) is 3.14. The number of carbonyl (C=O) groups is 2. The van der Waals surface area contributed by atoms with Crippen LogP contribution in [0.25, 0.3) is 0 Å². The van der Waals surface area contributed by atoms with Crippen LogP contribution in [0, 0.1) is 11.7 Å². The van der Waals surface area contributed by atoms with E-state index in [-0.39, 0.29) is 17.2 Å². The van der Waals surface area contributed by atoms with Gasteiger partial charge in [0, 0.05) is 6.54 Å². The lowest BCUT2D eigenvalue weighted by molar-refractivity contribution is -0.127. The van der Waals surface area contributed by atoms with Crippen LogP contribution in [0.3, 0.4) is 0 Å². The fraction of sp³-hybridized carbons (Fsp3) is 0.429. The van der Waals surface area contributed by atoms with E-state index in [1.54, 1.807) is 0 Å². The molecule has 0 bridgehead atoms. The topological polar surface area (TPSA) is 75.6 Å². The zero-order chi connectivity index (χ0) is 15.3. The molecule has 0 radical (unpaired) electrons. The molecular weight excluding hydrogens is 265 g/mol. The number of carboxylic acid groups (broad SMARTS) is 1. The van der Waals surface area contributed by atoms with Gasteiger partial charge in [-0.3, -0.25) is 4.79 Å². The number of aromatic carboxylic acids is 1. The van der Waals surface area contributed by atoms with E-state index < -0.39 is 17.9 Å². The van der Waals surface area contributed by atoms with Gasteiger partial charge in [-0.15, -0.1) is 0 Å². The van der Waals surface area contributed by atoms with Crippen molar-refractivity contribution in [1.82, 2.24) is 5.32 Å². The van der Waals surface area contributed by atoms with E-state index in [1.165, 1.54) is 13.0 Å². The number of benzene rings is 1. The molecule has 0 aliphatic heterocycles. The average molecular weight is 283 g/mol. The van der Waals surface area contributed by atoms with Crippen LogP contribution >= 0.6 is 0 Å². The van der Waals surface area contributed by atoms with Crippen LogP contribution in [-0.2, 0) is 4.79 Å². The first-order valence-corrected chi connectivity index (χ1v) is 6.28. The molecule has 0 heterocycles. The number of amides is 1. The molecule has 20 heavy (non-hydrogen) atoms. The predicted molar refractivity (Wildman–Crippen MR) is 71.3 cm³/mol. The smallest absolute Gasteiger partial charge is 0.339 e. The molecule has 0 spiro atoms. The quantitative estimate of drug-likeness (QED) is 0.838. The molecule has 0 saturated heterocycles. The molecule has 110 valence electrons. The van der Waals surface area contributed by atoms with E-state index >= 15 is 0 Å². The Morgan fingerprint density at radius 3 is 2.55 bits per heavy atom. The number of nitrogens with one attached hydrogen (secondary N) is 1. The molecule has 1 atom stereocenters. The highest BCUT2D eigenvalue weighted by Gasteiger charge is 2.19. The number of hydrogen-bond acceptors (Lipinski definition) is 3. The standard InChI is InChI=1S/C14H18FNO4/c1-8(2)7-16-13(17)9(3)20-12-5-4-10(15)6-11(12)14(18)19/h4-6,8-9H,7H2,1-3H3,(H,16,17)(H,18,19). The largest absolute Gasteiger partial charge is 0.480 e. The van der Waals surface area contributed by atoms with E-state index in [0.29, 0.717) is 12.5 Å². The molecule has 1 unspecified atom stereocenters. The lowest BCUT2D eigenvalue weighted by Crippen LogP contribution is -2.38. The third-order valence-electron chi connectivity index (χ3n) is 2.53. The van der Waals surface area contributed by atoms with Crippen LogP contribution in [-0.4, -0.2) is 29.6 Å². The second-order valence-electron chi connectivity index (χ2n) is 4.84. The molecule has 0 saturated carbocycles. The van der Waals surface area contributed by atoms with Crippen LogP contribution < -0.4 is 10.1 Å². The third kappa shape index (κ3) is 4.53. The Balaban J connectivity index is 2.77. The lowest BCUT2D eigenvalue weighted by Gasteiger charge is -2.17. The summed E-state index contributed by atoms with van der Waals surface area (Å²) in [5.41, 5.74) is -0.312. The number of carbonyl (C=O) groups excluding carboxylic acids is 1. The van der Waals surface area contributed by atoms with Gasteiger partial charge in [0.2, 0.25) is 0 Å². The minimum absolute atomic E-state index is 0.0360. The Kier molecular flexibility index (Phi) is 5.49. The summed E-state index contributed by atoms with van der Waals surface area (Å²) in [6.45, 7) is 5.91. The van der Waals surface area contributed by atoms with Crippen molar-refractivity contribution in [1.29, 1.82) is 0 Å². The normalized spacial score (nSPS) is 12.1. The number of ether oxygens (including phenoxy) is 1. The summed E-state index contributed by atoms with van der Waals surface area (Å²) in [5, 5.41) is 11.6. The molecule has 1 amide bonds. The van der Waals surface area contributed by atoms with Crippen LogP contribution in [0.4, 0.5) is 4.39 Å². The molecule has 1 aromatic rings. The number of halogens is 1. The van der Waals surface area contributed by atoms with Gasteiger partial charge in [0.15, 0.2) is 6.10 Å². The molecule has 6 heteroatoms. The maximum absolute atomic E-state index is 13.0. The third-order valence-corrected chi connectivity index (χ3v) is 2.53. The van der Waals surface area contributed by atoms with Gasteiger partial charge in [-0.1, -0.05) is 13.8 Å². The van der Waals surface area contributed by atoms with Gasteiger partial charge in [-0.2, -0.15) is 0 Å². The molecule has 1 aromatic carbocycles. The highest BCUT2D eigenvalue weighted by Crippen LogP contribution is 2.21. The van der Waals surface area contributed by atoms with Crippen molar-refractivity contribution in [3.63, 3.8) is 0 Å². The summed E-state index contributed by atoms with van der Waals surface area (Å²) in [5.74, 6) is -2.07. The molecule has 0 aliphatic carbocycles. The fourth-order valence-corrected chi connectivity index (χ4v) is 1.46. The van der Waals surface area contributed by atoms with Gasteiger partial charge >= 0.3 is 5.97 Å². The summed E-state index contributed by atoms with van der Waals surface area (Å²) >= 11 is 0. The Labute approximate surface area is 116 Å². The Hall–Kier alpha value is -2.11.